The number of amides is 1. The monoisotopic (exact) mass is 402 g/mol. The van der Waals surface area contributed by atoms with Crippen molar-refractivity contribution >= 4 is 15.9 Å². The molecule has 1 atom stereocenters. The molecule has 6 heteroatoms. The fourth-order valence-electron chi connectivity index (χ4n) is 3.18. The first-order valence-corrected chi connectivity index (χ1v) is 11.0. The topological polar surface area (TPSA) is 57.7 Å². The highest BCUT2D eigenvalue weighted by atomic mass is 32.2. The minimum absolute atomic E-state index is 0.0683. The summed E-state index contributed by atoms with van der Waals surface area (Å²) in [4.78, 5) is 14.9. The van der Waals surface area contributed by atoms with Gasteiger partial charge in [0.05, 0.1) is 10.8 Å². The van der Waals surface area contributed by atoms with Crippen molar-refractivity contribution in [1.82, 2.24) is 9.21 Å². The summed E-state index contributed by atoms with van der Waals surface area (Å²) in [5.74, 6) is -0.198. The number of carbonyl (C=O) groups is 1. The zero-order chi connectivity index (χ0) is 20.7. The van der Waals surface area contributed by atoms with Crippen LogP contribution in [0.25, 0.3) is 0 Å². The van der Waals surface area contributed by atoms with E-state index in [9.17, 15) is 13.2 Å². The van der Waals surface area contributed by atoms with E-state index >= 15 is 0 Å². The van der Waals surface area contributed by atoms with Gasteiger partial charge in [0.15, 0.2) is 0 Å². The fourth-order valence-corrected chi connectivity index (χ4v) is 4.08. The normalized spacial score (nSPS) is 12.8. The molecule has 0 fully saturated rings. The molecule has 0 aliphatic carbocycles. The lowest BCUT2D eigenvalue weighted by molar-refractivity contribution is -0.131. The van der Waals surface area contributed by atoms with Crippen molar-refractivity contribution < 1.29 is 13.2 Å². The highest BCUT2D eigenvalue weighted by molar-refractivity contribution is 7.89. The summed E-state index contributed by atoms with van der Waals surface area (Å²) in [6, 6.07) is 16.9. The van der Waals surface area contributed by atoms with Crippen LogP contribution in [0.4, 0.5) is 0 Å². The van der Waals surface area contributed by atoms with Gasteiger partial charge in [0.1, 0.15) is 0 Å². The van der Waals surface area contributed by atoms with Crippen molar-refractivity contribution in [2.75, 3.05) is 27.7 Å². The van der Waals surface area contributed by atoms with Crippen LogP contribution in [0.1, 0.15) is 36.8 Å². The third kappa shape index (κ3) is 5.42. The number of hydrogen-bond acceptors (Lipinski definition) is 3. The van der Waals surface area contributed by atoms with Crippen LogP contribution in [-0.4, -0.2) is 51.2 Å². The van der Waals surface area contributed by atoms with Crippen LogP contribution in [-0.2, 0) is 21.2 Å². The number of sulfonamides is 1. The molecular weight excluding hydrogens is 372 g/mol. The number of carbonyl (C=O) groups excluding carboxylic acids is 1. The Bertz CT molecular complexity index is 862. The summed E-state index contributed by atoms with van der Waals surface area (Å²) in [6.45, 7) is 2.67. The van der Waals surface area contributed by atoms with E-state index in [0.717, 1.165) is 18.4 Å². The summed E-state index contributed by atoms with van der Waals surface area (Å²) in [7, 11) is 1.38. The number of hydrogen-bond donors (Lipinski definition) is 0. The summed E-state index contributed by atoms with van der Waals surface area (Å²) < 4.78 is 25.6. The summed E-state index contributed by atoms with van der Waals surface area (Å²) in [5, 5.41) is 0. The lowest BCUT2D eigenvalue weighted by Gasteiger charge is -2.23. The van der Waals surface area contributed by atoms with E-state index in [-0.39, 0.29) is 16.7 Å². The molecule has 0 radical (unpaired) electrons. The Morgan fingerprint density at radius 2 is 1.57 bits per heavy atom. The van der Waals surface area contributed by atoms with Crippen molar-refractivity contribution in [3.63, 3.8) is 0 Å². The van der Waals surface area contributed by atoms with Crippen molar-refractivity contribution in [2.45, 2.75) is 37.0 Å². The van der Waals surface area contributed by atoms with Gasteiger partial charge in [0.25, 0.3) is 0 Å². The molecule has 28 heavy (non-hydrogen) atoms. The molecule has 0 bridgehead atoms. The molecule has 152 valence electrons. The smallest absolute Gasteiger partial charge is 0.242 e. The Morgan fingerprint density at radius 3 is 2.11 bits per heavy atom. The summed E-state index contributed by atoms with van der Waals surface area (Å²) >= 11 is 0. The lowest BCUT2D eigenvalue weighted by Crippen LogP contribution is -2.32. The third-order valence-electron chi connectivity index (χ3n) is 4.95. The molecule has 0 heterocycles. The van der Waals surface area contributed by atoms with E-state index in [1.54, 1.807) is 29.2 Å². The van der Waals surface area contributed by atoms with Crippen molar-refractivity contribution in [2.24, 2.45) is 0 Å². The van der Waals surface area contributed by atoms with Gasteiger partial charge < -0.3 is 4.90 Å². The molecule has 0 aliphatic rings. The lowest BCUT2D eigenvalue weighted by atomic mass is 9.95. The Kier molecular flexibility index (Phi) is 7.78. The quantitative estimate of drug-likeness (QED) is 0.645. The van der Waals surface area contributed by atoms with Gasteiger partial charge in [-0.2, -0.15) is 0 Å². The van der Waals surface area contributed by atoms with Gasteiger partial charge in [-0.1, -0.05) is 49.4 Å². The molecule has 5 nitrogen and oxygen atoms in total. The Balaban J connectivity index is 2.02. The van der Waals surface area contributed by atoms with E-state index in [1.807, 2.05) is 32.2 Å². The first kappa shape index (κ1) is 22.1. The third-order valence-corrected chi connectivity index (χ3v) is 6.77. The second kappa shape index (κ2) is 9.85. The second-order valence-corrected chi connectivity index (χ2v) is 9.32. The number of rotatable bonds is 9. The van der Waals surface area contributed by atoms with Crippen molar-refractivity contribution in [1.29, 1.82) is 0 Å². The largest absolute Gasteiger partial charge is 0.345 e. The predicted octanol–water partition coefficient (Wildman–Crippen LogP) is 3.52. The zero-order valence-electron chi connectivity index (χ0n) is 17.1. The first-order chi connectivity index (χ1) is 13.3. The van der Waals surface area contributed by atoms with Crippen LogP contribution in [0.2, 0.25) is 0 Å². The molecule has 0 spiro atoms. The van der Waals surface area contributed by atoms with Gasteiger partial charge in [-0.3, -0.25) is 4.79 Å². The highest BCUT2D eigenvalue weighted by Crippen LogP contribution is 2.24. The van der Waals surface area contributed by atoms with Crippen LogP contribution in [0.5, 0.6) is 0 Å². The van der Waals surface area contributed by atoms with Crippen LogP contribution in [0, 0.1) is 0 Å². The average Bonchev–Trinajstić information content (AvgIpc) is 2.69. The molecule has 1 amide bonds. The maximum absolute atomic E-state index is 12.9. The van der Waals surface area contributed by atoms with Crippen molar-refractivity contribution in [3.8, 4) is 0 Å². The number of benzene rings is 2. The molecule has 0 saturated carbocycles. The Labute approximate surface area is 169 Å². The van der Waals surface area contributed by atoms with Crippen LogP contribution in [0.15, 0.2) is 59.5 Å². The number of aryl methyl sites for hydroxylation is 1. The molecule has 2 aromatic rings. The van der Waals surface area contributed by atoms with Gasteiger partial charge >= 0.3 is 0 Å². The Hall–Kier alpha value is -2.18. The molecule has 2 aromatic carbocycles. The van der Waals surface area contributed by atoms with Crippen LogP contribution >= 0.6 is 0 Å². The van der Waals surface area contributed by atoms with Crippen molar-refractivity contribution in [3.05, 3.63) is 65.7 Å². The standard InChI is InChI=1S/C22H30N2O3S/c1-5-21(19-13-15-20(16-14-19)28(26,27)23(2)3)22(25)24(4)17-9-12-18-10-7-6-8-11-18/h6-8,10-11,13-16,21H,5,9,12,17H2,1-4H3. The van der Waals surface area contributed by atoms with E-state index in [4.69, 9.17) is 0 Å². The number of nitrogens with zero attached hydrogens (tertiary/aromatic N) is 2. The van der Waals surface area contributed by atoms with Gasteiger partial charge in [0.2, 0.25) is 15.9 Å². The molecule has 2 rings (SSSR count). The zero-order valence-corrected chi connectivity index (χ0v) is 17.9. The minimum Gasteiger partial charge on any atom is -0.345 e. The minimum atomic E-state index is -3.46. The van der Waals surface area contributed by atoms with Gasteiger partial charge in [-0.05, 0) is 42.5 Å². The van der Waals surface area contributed by atoms with Gasteiger partial charge in [-0.25, -0.2) is 12.7 Å². The SMILES string of the molecule is CCC(C(=O)N(C)CCCc1ccccc1)c1ccc(S(=O)(=O)N(C)C)cc1. The second-order valence-electron chi connectivity index (χ2n) is 7.17. The highest BCUT2D eigenvalue weighted by Gasteiger charge is 2.23. The summed E-state index contributed by atoms with van der Waals surface area (Å²) in [5.41, 5.74) is 2.12. The summed E-state index contributed by atoms with van der Waals surface area (Å²) in [6.07, 6.45) is 2.51. The van der Waals surface area contributed by atoms with E-state index in [1.165, 1.54) is 24.0 Å². The first-order valence-electron chi connectivity index (χ1n) is 9.58. The molecule has 0 saturated heterocycles. The average molecular weight is 403 g/mol. The molecule has 0 N–H and O–H groups in total. The van der Waals surface area contributed by atoms with Gasteiger partial charge in [0, 0.05) is 27.7 Å². The molecular formula is C22H30N2O3S. The van der Waals surface area contributed by atoms with Gasteiger partial charge in [-0.15, -0.1) is 0 Å². The van der Waals surface area contributed by atoms with E-state index in [0.29, 0.717) is 13.0 Å². The maximum atomic E-state index is 12.9. The number of likely N-dealkylation sites (N-methyl/N-ethyl adjacent to an activating group) is 1. The fraction of sp³-hybridized carbons (Fsp3) is 0.409. The predicted molar refractivity (Wildman–Crippen MR) is 113 cm³/mol. The van der Waals surface area contributed by atoms with Crippen LogP contribution in [0.3, 0.4) is 0 Å². The molecule has 0 aliphatic heterocycles. The molecule has 1 unspecified atom stereocenters. The maximum Gasteiger partial charge on any atom is 0.242 e. The van der Waals surface area contributed by atoms with Crippen LogP contribution < -0.4 is 0 Å². The van der Waals surface area contributed by atoms with E-state index in [2.05, 4.69) is 12.1 Å². The van der Waals surface area contributed by atoms with E-state index < -0.39 is 10.0 Å². The molecule has 0 aromatic heterocycles. The Morgan fingerprint density at radius 1 is 0.964 bits per heavy atom.